The molecule has 2 aromatic heterocycles. The molecule has 5 rings (SSSR count). The van der Waals surface area contributed by atoms with Crippen LogP contribution >= 0.6 is 23.8 Å². The third-order valence-corrected chi connectivity index (χ3v) is 7.28. The number of methoxy groups -OCH3 is 2. The SMILES string of the molecule is COCC(=O)Nc1cc(N2C(=S)N[C@@H](c3ccccn3)[C@@H]2c2ccc(-c3cccc(Cl)c3C)o2)ccc1OC. The fourth-order valence-corrected chi connectivity index (χ4v) is 5.23. The van der Waals surface area contributed by atoms with Gasteiger partial charge in [0.1, 0.15) is 29.9 Å². The normalized spacial score (nSPS) is 16.7. The number of carbonyl (C=O) groups excluding carboxylic acids is 1. The van der Waals surface area contributed by atoms with Gasteiger partial charge in [0, 0.05) is 29.6 Å². The molecule has 0 spiro atoms. The van der Waals surface area contributed by atoms with Gasteiger partial charge in [-0.25, -0.2) is 0 Å². The lowest BCUT2D eigenvalue weighted by Gasteiger charge is -2.27. The van der Waals surface area contributed by atoms with Crippen LogP contribution in [-0.4, -0.2) is 36.8 Å². The molecule has 1 fully saturated rings. The number of benzene rings is 2. The van der Waals surface area contributed by atoms with Gasteiger partial charge in [-0.1, -0.05) is 29.8 Å². The number of amides is 1. The van der Waals surface area contributed by atoms with Crippen LogP contribution in [0.4, 0.5) is 11.4 Å². The molecule has 0 bridgehead atoms. The lowest BCUT2D eigenvalue weighted by atomic mass is 10.0. The highest BCUT2D eigenvalue weighted by molar-refractivity contribution is 7.80. The number of rotatable bonds is 8. The Bertz CT molecular complexity index is 1510. The van der Waals surface area contributed by atoms with Gasteiger partial charge in [-0.15, -0.1) is 0 Å². The van der Waals surface area contributed by atoms with Gasteiger partial charge < -0.3 is 29.4 Å². The smallest absolute Gasteiger partial charge is 0.250 e. The van der Waals surface area contributed by atoms with E-state index in [0.29, 0.717) is 33.1 Å². The summed E-state index contributed by atoms with van der Waals surface area (Å²) in [5.74, 6) is 1.60. The van der Waals surface area contributed by atoms with E-state index in [4.69, 9.17) is 37.7 Å². The highest BCUT2D eigenvalue weighted by atomic mass is 35.5. The maximum Gasteiger partial charge on any atom is 0.250 e. The van der Waals surface area contributed by atoms with Gasteiger partial charge in [0.2, 0.25) is 5.91 Å². The Morgan fingerprint density at radius 1 is 1.15 bits per heavy atom. The molecule has 0 unspecified atom stereocenters. The summed E-state index contributed by atoms with van der Waals surface area (Å²) in [6.45, 7) is 1.88. The molecule has 4 aromatic rings. The third-order valence-electron chi connectivity index (χ3n) is 6.56. The number of nitrogens with zero attached hydrogens (tertiary/aromatic N) is 2. The van der Waals surface area contributed by atoms with Gasteiger partial charge in [-0.3, -0.25) is 9.78 Å². The largest absolute Gasteiger partial charge is 0.495 e. The van der Waals surface area contributed by atoms with Crippen molar-refractivity contribution in [1.82, 2.24) is 10.3 Å². The molecule has 200 valence electrons. The van der Waals surface area contributed by atoms with Crippen molar-refractivity contribution < 1.29 is 18.7 Å². The van der Waals surface area contributed by atoms with Crippen LogP contribution < -0.4 is 20.3 Å². The lowest BCUT2D eigenvalue weighted by molar-refractivity contribution is -0.119. The summed E-state index contributed by atoms with van der Waals surface area (Å²) in [6, 6.07) is 20.2. The number of aromatic nitrogens is 1. The van der Waals surface area contributed by atoms with Crippen molar-refractivity contribution >= 4 is 46.2 Å². The van der Waals surface area contributed by atoms with Crippen molar-refractivity contribution in [2.75, 3.05) is 31.0 Å². The van der Waals surface area contributed by atoms with Crippen molar-refractivity contribution in [3.63, 3.8) is 0 Å². The van der Waals surface area contributed by atoms with E-state index < -0.39 is 0 Å². The zero-order valence-electron chi connectivity index (χ0n) is 21.6. The summed E-state index contributed by atoms with van der Waals surface area (Å²) in [4.78, 5) is 18.9. The summed E-state index contributed by atoms with van der Waals surface area (Å²) in [6.07, 6.45) is 1.75. The topological polar surface area (TPSA) is 88.9 Å². The highest BCUT2D eigenvalue weighted by Crippen LogP contribution is 2.44. The van der Waals surface area contributed by atoms with Crippen LogP contribution in [0.3, 0.4) is 0 Å². The zero-order chi connectivity index (χ0) is 27.5. The minimum atomic E-state index is -0.378. The van der Waals surface area contributed by atoms with E-state index in [0.717, 1.165) is 22.5 Å². The van der Waals surface area contributed by atoms with Crippen molar-refractivity contribution in [2.24, 2.45) is 0 Å². The van der Waals surface area contributed by atoms with Crippen LogP contribution in [0.1, 0.15) is 29.1 Å². The molecule has 2 aromatic carbocycles. The van der Waals surface area contributed by atoms with Gasteiger partial charge in [-0.05, 0) is 73.2 Å². The Morgan fingerprint density at radius 3 is 2.74 bits per heavy atom. The Balaban J connectivity index is 1.59. The number of thiocarbonyl (C=S) groups is 1. The first kappa shape index (κ1) is 26.7. The molecule has 8 nitrogen and oxygen atoms in total. The predicted molar refractivity (Wildman–Crippen MR) is 155 cm³/mol. The minimum Gasteiger partial charge on any atom is -0.495 e. The number of pyridine rings is 1. The molecule has 10 heteroatoms. The number of carbonyl (C=O) groups is 1. The second-order valence-corrected chi connectivity index (χ2v) is 9.77. The van der Waals surface area contributed by atoms with Crippen LogP contribution in [0.15, 0.2) is 77.3 Å². The van der Waals surface area contributed by atoms with Crippen molar-refractivity contribution in [3.05, 3.63) is 95.0 Å². The molecular formula is C29H27ClN4O4S. The maximum atomic E-state index is 12.3. The molecule has 39 heavy (non-hydrogen) atoms. The number of hydrogen-bond acceptors (Lipinski definition) is 6. The Labute approximate surface area is 236 Å². The number of halogens is 1. The van der Waals surface area contributed by atoms with Crippen molar-refractivity contribution in [3.8, 4) is 17.1 Å². The maximum absolute atomic E-state index is 12.3. The fourth-order valence-electron chi connectivity index (χ4n) is 4.71. The molecule has 1 amide bonds. The van der Waals surface area contributed by atoms with Crippen LogP contribution in [0.5, 0.6) is 5.75 Å². The second kappa shape index (κ2) is 11.4. The third kappa shape index (κ3) is 5.34. The molecule has 2 N–H and O–H groups in total. The summed E-state index contributed by atoms with van der Waals surface area (Å²) in [7, 11) is 3.01. The van der Waals surface area contributed by atoms with Gasteiger partial charge in [-0.2, -0.15) is 0 Å². The standard InChI is InChI=1S/C29H27ClN4O4S/c1-17-19(7-6-8-20(17)30)23-12-13-25(38-23)28-27(21-9-4-5-14-31-21)33-29(39)34(28)18-10-11-24(37-3)22(15-18)32-26(35)16-36-2/h4-15,27-28H,16H2,1-3H3,(H,32,35)(H,33,39)/t27-,28-/m0/s1. The number of hydrogen-bond donors (Lipinski definition) is 2. The quantitative estimate of drug-likeness (QED) is 0.250. The van der Waals surface area contributed by atoms with Crippen LogP contribution in [0.25, 0.3) is 11.3 Å². The number of anilines is 2. The summed E-state index contributed by atoms with van der Waals surface area (Å²) in [5.41, 5.74) is 3.89. The van der Waals surface area contributed by atoms with Gasteiger partial charge in [0.25, 0.3) is 0 Å². The average Bonchev–Trinajstić information content (AvgIpc) is 3.55. The number of furan rings is 1. The molecule has 1 aliphatic heterocycles. The van der Waals surface area contributed by atoms with Crippen LogP contribution in [-0.2, 0) is 9.53 Å². The zero-order valence-corrected chi connectivity index (χ0v) is 23.2. The van der Waals surface area contributed by atoms with E-state index >= 15 is 0 Å². The first-order chi connectivity index (χ1) is 18.9. The van der Waals surface area contributed by atoms with E-state index in [1.165, 1.54) is 7.11 Å². The monoisotopic (exact) mass is 562 g/mol. The van der Waals surface area contributed by atoms with Crippen LogP contribution in [0, 0.1) is 6.92 Å². The van der Waals surface area contributed by atoms with Gasteiger partial charge in [0.05, 0.1) is 24.5 Å². The fraction of sp³-hybridized carbons (Fsp3) is 0.207. The molecule has 3 heterocycles. The van der Waals surface area contributed by atoms with E-state index in [1.54, 1.807) is 19.4 Å². The number of ether oxygens (including phenoxy) is 2. The minimum absolute atomic E-state index is 0.0838. The summed E-state index contributed by atoms with van der Waals surface area (Å²) in [5, 5.41) is 7.43. The summed E-state index contributed by atoms with van der Waals surface area (Å²) >= 11 is 12.2. The van der Waals surface area contributed by atoms with E-state index in [-0.39, 0.29) is 24.6 Å². The second-order valence-electron chi connectivity index (χ2n) is 8.98. The molecule has 2 atom stereocenters. The average molecular weight is 563 g/mol. The first-order valence-corrected chi connectivity index (χ1v) is 13.0. The molecule has 1 saturated heterocycles. The number of nitrogens with one attached hydrogen (secondary N) is 2. The molecular weight excluding hydrogens is 536 g/mol. The van der Waals surface area contributed by atoms with Crippen LogP contribution in [0.2, 0.25) is 5.02 Å². The van der Waals surface area contributed by atoms with Gasteiger partial charge >= 0.3 is 0 Å². The first-order valence-electron chi connectivity index (χ1n) is 12.2. The summed E-state index contributed by atoms with van der Waals surface area (Å²) < 4.78 is 16.9. The van der Waals surface area contributed by atoms with Crippen molar-refractivity contribution in [2.45, 2.75) is 19.0 Å². The van der Waals surface area contributed by atoms with Gasteiger partial charge in [0.15, 0.2) is 5.11 Å². The molecule has 0 saturated carbocycles. The Morgan fingerprint density at radius 2 is 2.00 bits per heavy atom. The molecule has 0 radical (unpaired) electrons. The van der Waals surface area contributed by atoms with E-state index in [9.17, 15) is 4.79 Å². The predicted octanol–water partition coefficient (Wildman–Crippen LogP) is 6.07. The molecule has 1 aliphatic rings. The highest BCUT2D eigenvalue weighted by Gasteiger charge is 2.43. The van der Waals surface area contributed by atoms with E-state index in [1.807, 2.05) is 72.5 Å². The Kier molecular flexibility index (Phi) is 7.83. The van der Waals surface area contributed by atoms with E-state index in [2.05, 4.69) is 15.6 Å². The Hall–Kier alpha value is -3.92. The van der Waals surface area contributed by atoms with Crippen molar-refractivity contribution in [1.29, 1.82) is 0 Å². The molecule has 0 aliphatic carbocycles. The lowest BCUT2D eigenvalue weighted by Crippen LogP contribution is -2.29.